The van der Waals surface area contributed by atoms with Gasteiger partial charge in [-0.1, -0.05) is 12.1 Å². The predicted octanol–water partition coefficient (Wildman–Crippen LogP) is 2.77. The van der Waals surface area contributed by atoms with Crippen molar-refractivity contribution in [2.24, 2.45) is 5.92 Å². The van der Waals surface area contributed by atoms with Crippen molar-refractivity contribution < 1.29 is 0 Å². The Kier molecular flexibility index (Phi) is 4.16. The van der Waals surface area contributed by atoms with Crippen LogP contribution in [0.25, 0.3) is 10.9 Å². The molecule has 2 aromatic heterocycles. The second-order valence-electron chi connectivity index (χ2n) is 8.23. The molecule has 27 heavy (non-hydrogen) atoms. The summed E-state index contributed by atoms with van der Waals surface area (Å²) in [4.78, 5) is 18.4. The minimum absolute atomic E-state index is 0.0947. The highest BCUT2D eigenvalue weighted by atomic mass is 16.2. The van der Waals surface area contributed by atoms with Gasteiger partial charge in [-0.3, -0.25) is 9.47 Å². The normalized spacial score (nSPS) is 20.1. The molecule has 5 rings (SSSR count). The van der Waals surface area contributed by atoms with Gasteiger partial charge in [0.25, 0.3) is 0 Å². The number of nitrogens with zero attached hydrogens (tertiary/aromatic N) is 4. The van der Waals surface area contributed by atoms with E-state index in [9.17, 15) is 4.79 Å². The van der Waals surface area contributed by atoms with E-state index in [-0.39, 0.29) is 5.69 Å². The lowest BCUT2D eigenvalue weighted by molar-refractivity contribution is 0.210. The van der Waals surface area contributed by atoms with E-state index in [0.717, 1.165) is 44.7 Å². The molecule has 142 valence electrons. The number of rotatable bonds is 5. The number of benzene rings is 1. The Morgan fingerprint density at radius 1 is 1.22 bits per heavy atom. The maximum absolute atomic E-state index is 12.7. The number of hydrogen-bond donors (Lipinski definition) is 1. The minimum Gasteiger partial charge on any atom is -0.361 e. The molecule has 0 saturated heterocycles. The summed E-state index contributed by atoms with van der Waals surface area (Å²) in [5.74, 6) is 1.65. The van der Waals surface area contributed by atoms with Gasteiger partial charge in [-0.15, -0.1) is 0 Å². The lowest BCUT2D eigenvalue weighted by Crippen LogP contribution is -2.33. The first-order chi connectivity index (χ1) is 13.2. The third kappa shape index (κ3) is 3.23. The van der Waals surface area contributed by atoms with Gasteiger partial charge >= 0.3 is 5.69 Å². The Morgan fingerprint density at radius 3 is 2.96 bits per heavy atom. The third-order valence-electron chi connectivity index (χ3n) is 6.24. The Hall–Kier alpha value is -2.34. The van der Waals surface area contributed by atoms with Crippen molar-refractivity contribution in [2.75, 3.05) is 7.05 Å². The third-order valence-corrected chi connectivity index (χ3v) is 6.24. The molecule has 1 saturated carbocycles. The van der Waals surface area contributed by atoms with Crippen LogP contribution in [0.3, 0.4) is 0 Å². The van der Waals surface area contributed by atoms with E-state index in [1.165, 1.54) is 29.3 Å². The summed E-state index contributed by atoms with van der Waals surface area (Å²) in [6, 6.07) is 9.08. The number of fused-ring (bicyclic) bond motifs is 2. The van der Waals surface area contributed by atoms with Crippen molar-refractivity contribution >= 4 is 10.9 Å². The Balaban J connectivity index is 1.29. The minimum atomic E-state index is 0.0947. The summed E-state index contributed by atoms with van der Waals surface area (Å²) in [6.45, 7) is 2.51. The topological polar surface area (TPSA) is 58.9 Å². The van der Waals surface area contributed by atoms with Crippen LogP contribution in [0.4, 0.5) is 0 Å². The average molecular weight is 365 g/mol. The van der Waals surface area contributed by atoms with Gasteiger partial charge in [-0.2, -0.15) is 5.10 Å². The molecule has 0 amide bonds. The lowest BCUT2D eigenvalue weighted by Gasteiger charge is -2.27. The number of aromatic nitrogens is 4. The summed E-state index contributed by atoms with van der Waals surface area (Å²) in [5.41, 5.74) is 2.64. The largest absolute Gasteiger partial charge is 0.361 e. The summed E-state index contributed by atoms with van der Waals surface area (Å²) in [6.07, 6.45) is 7.44. The van der Waals surface area contributed by atoms with Crippen LogP contribution < -0.4 is 5.69 Å². The number of aromatic amines is 1. The summed E-state index contributed by atoms with van der Waals surface area (Å²) in [5, 5.41) is 5.95. The van der Waals surface area contributed by atoms with Gasteiger partial charge in [-0.05, 0) is 56.3 Å². The second kappa shape index (κ2) is 6.68. The molecule has 1 N–H and O–H groups in total. The van der Waals surface area contributed by atoms with E-state index in [4.69, 9.17) is 0 Å². The van der Waals surface area contributed by atoms with Crippen LogP contribution in [0.2, 0.25) is 0 Å². The maximum atomic E-state index is 12.7. The van der Waals surface area contributed by atoms with Crippen molar-refractivity contribution in [3.05, 3.63) is 52.3 Å². The van der Waals surface area contributed by atoms with Crippen LogP contribution >= 0.6 is 0 Å². The monoisotopic (exact) mass is 365 g/mol. The maximum Gasteiger partial charge on any atom is 0.345 e. The second-order valence-corrected chi connectivity index (χ2v) is 8.23. The highest BCUT2D eigenvalue weighted by Crippen LogP contribution is 2.30. The van der Waals surface area contributed by atoms with Crippen molar-refractivity contribution in [1.29, 1.82) is 0 Å². The standard InChI is InChI=1S/C21H27N5O/c1-24(14-16-3-2-4-19-18(16)9-11-22-19)17-7-8-20-23-26(13-15-5-6-15)21(27)25(20)12-10-17/h2-4,9,11,15,17,22H,5-8,10,12-14H2,1H3. The fourth-order valence-electron chi connectivity index (χ4n) is 4.40. The average Bonchev–Trinajstić information content (AvgIpc) is 3.32. The number of H-pyrrole nitrogens is 1. The van der Waals surface area contributed by atoms with Crippen molar-refractivity contribution in [3.8, 4) is 0 Å². The molecule has 1 aliphatic carbocycles. The zero-order chi connectivity index (χ0) is 18.4. The highest BCUT2D eigenvalue weighted by molar-refractivity contribution is 5.82. The Morgan fingerprint density at radius 2 is 2.11 bits per heavy atom. The fourth-order valence-corrected chi connectivity index (χ4v) is 4.40. The predicted molar refractivity (Wildman–Crippen MR) is 106 cm³/mol. The molecule has 3 heterocycles. The molecule has 0 spiro atoms. The van der Waals surface area contributed by atoms with Crippen molar-refractivity contribution in [2.45, 2.75) is 57.8 Å². The SMILES string of the molecule is CN(Cc1cccc2[nH]ccc12)C1CCc2nn(CC3CC3)c(=O)n2CC1. The van der Waals surface area contributed by atoms with Gasteiger partial charge in [0.15, 0.2) is 0 Å². The van der Waals surface area contributed by atoms with Gasteiger partial charge in [0.1, 0.15) is 5.82 Å². The van der Waals surface area contributed by atoms with Crippen LogP contribution in [0.15, 0.2) is 35.3 Å². The summed E-state index contributed by atoms with van der Waals surface area (Å²) >= 11 is 0. The zero-order valence-corrected chi connectivity index (χ0v) is 15.9. The van der Waals surface area contributed by atoms with E-state index in [2.05, 4.69) is 46.3 Å². The molecular weight excluding hydrogens is 338 g/mol. The first kappa shape index (κ1) is 16.8. The van der Waals surface area contributed by atoms with E-state index in [1.807, 2.05) is 10.8 Å². The van der Waals surface area contributed by atoms with Gasteiger partial charge in [0.2, 0.25) is 0 Å². The van der Waals surface area contributed by atoms with Crippen LogP contribution in [0.5, 0.6) is 0 Å². The van der Waals surface area contributed by atoms with Gasteiger partial charge in [0.05, 0.1) is 0 Å². The Labute approximate surface area is 158 Å². The quantitative estimate of drug-likeness (QED) is 0.756. The molecule has 0 radical (unpaired) electrons. The highest BCUT2D eigenvalue weighted by Gasteiger charge is 2.27. The summed E-state index contributed by atoms with van der Waals surface area (Å²) in [7, 11) is 2.20. The molecule has 1 aliphatic heterocycles. The van der Waals surface area contributed by atoms with Crippen LogP contribution in [-0.4, -0.2) is 37.3 Å². The first-order valence-electron chi connectivity index (χ1n) is 10.1. The molecule has 0 bridgehead atoms. The molecule has 6 heteroatoms. The van der Waals surface area contributed by atoms with Crippen LogP contribution in [0, 0.1) is 5.92 Å². The van der Waals surface area contributed by atoms with Crippen LogP contribution in [0.1, 0.15) is 37.1 Å². The smallest absolute Gasteiger partial charge is 0.345 e. The van der Waals surface area contributed by atoms with E-state index < -0.39 is 0 Å². The van der Waals surface area contributed by atoms with E-state index in [0.29, 0.717) is 12.0 Å². The molecule has 6 nitrogen and oxygen atoms in total. The molecule has 3 aromatic rings. The number of nitrogens with one attached hydrogen (secondary N) is 1. The first-order valence-corrected chi connectivity index (χ1v) is 10.1. The zero-order valence-electron chi connectivity index (χ0n) is 15.9. The fraction of sp³-hybridized carbons (Fsp3) is 0.524. The van der Waals surface area contributed by atoms with Gasteiger partial charge in [0, 0.05) is 49.2 Å². The van der Waals surface area contributed by atoms with E-state index in [1.54, 1.807) is 4.68 Å². The summed E-state index contributed by atoms with van der Waals surface area (Å²) < 4.78 is 3.63. The molecule has 2 aliphatic rings. The molecular formula is C21H27N5O. The number of aryl methyl sites for hydroxylation is 1. The Bertz CT molecular complexity index is 1010. The van der Waals surface area contributed by atoms with Gasteiger partial charge in [-0.25, -0.2) is 9.48 Å². The molecule has 1 fully saturated rings. The molecule has 1 atom stereocenters. The van der Waals surface area contributed by atoms with Gasteiger partial charge < -0.3 is 4.98 Å². The van der Waals surface area contributed by atoms with E-state index >= 15 is 0 Å². The molecule has 1 unspecified atom stereocenters. The van der Waals surface area contributed by atoms with Crippen molar-refractivity contribution in [1.82, 2.24) is 24.2 Å². The number of hydrogen-bond acceptors (Lipinski definition) is 3. The molecule has 1 aromatic carbocycles. The lowest BCUT2D eigenvalue weighted by atomic mass is 10.1. The van der Waals surface area contributed by atoms with Crippen LogP contribution in [-0.2, 0) is 26.1 Å². The van der Waals surface area contributed by atoms with Crippen molar-refractivity contribution in [3.63, 3.8) is 0 Å².